The number of likely N-dealkylation sites (N-methyl/N-ethyl adjacent to an activating group) is 1. The molecule has 1 atom stereocenters. The number of aryl methyl sites for hydroxylation is 2. The molecule has 0 fully saturated rings. The van der Waals surface area contributed by atoms with Crippen molar-refractivity contribution in [1.29, 1.82) is 0 Å². The topological polar surface area (TPSA) is 67.9 Å². The van der Waals surface area contributed by atoms with Crippen molar-refractivity contribution in [2.24, 2.45) is 0 Å². The monoisotopic (exact) mass is 412 g/mol. The van der Waals surface area contributed by atoms with Gasteiger partial charge in [-0.25, -0.2) is 14.0 Å². The van der Waals surface area contributed by atoms with E-state index in [2.05, 4.69) is 5.32 Å². The van der Waals surface area contributed by atoms with Gasteiger partial charge in [0, 0.05) is 7.05 Å². The molecule has 2 aromatic rings. The Bertz CT molecular complexity index is 985. The van der Waals surface area contributed by atoms with E-state index in [1.54, 1.807) is 14.0 Å². The van der Waals surface area contributed by atoms with Crippen LogP contribution in [0.3, 0.4) is 0 Å². The number of ether oxygens (including phenoxy) is 2. The molecule has 1 aliphatic heterocycles. The van der Waals surface area contributed by atoms with Crippen LogP contribution in [0.2, 0.25) is 0 Å². The summed E-state index contributed by atoms with van der Waals surface area (Å²) < 4.78 is 24.2. The summed E-state index contributed by atoms with van der Waals surface area (Å²) >= 11 is 0. The van der Waals surface area contributed by atoms with Crippen LogP contribution in [0.1, 0.15) is 29.7 Å². The first kappa shape index (κ1) is 21.4. The molecule has 0 radical (unpaired) electrons. The molecular weight excluding hydrogens is 387 g/mol. The van der Waals surface area contributed by atoms with Gasteiger partial charge in [0.1, 0.15) is 18.2 Å². The number of nitrogens with zero attached hydrogens (tertiary/aromatic N) is 1. The Balaban J connectivity index is 2.06. The highest BCUT2D eigenvalue weighted by molar-refractivity contribution is 5.95. The Kier molecular flexibility index (Phi) is 6.40. The summed E-state index contributed by atoms with van der Waals surface area (Å²) in [5, 5.41) is 2.90. The average molecular weight is 412 g/mol. The van der Waals surface area contributed by atoms with Crippen LogP contribution in [0.25, 0.3) is 0 Å². The highest BCUT2D eigenvalue weighted by Gasteiger charge is 2.37. The summed E-state index contributed by atoms with van der Waals surface area (Å²) in [6.45, 7) is 5.75. The first-order chi connectivity index (χ1) is 14.3. The van der Waals surface area contributed by atoms with E-state index in [-0.39, 0.29) is 25.1 Å². The van der Waals surface area contributed by atoms with Crippen LogP contribution in [0.15, 0.2) is 53.7 Å². The number of halogens is 1. The minimum absolute atomic E-state index is 0.0505. The van der Waals surface area contributed by atoms with Gasteiger partial charge in [0.2, 0.25) is 0 Å². The third-order valence-corrected chi connectivity index (χ3v) is 5.01. The molecule has 6 nitrogen and oxygen atoms in total. The van der Waals surface area contributed by atoms with Gasteiger partial charge in [-0.1, -0.05) is 23.8 Å². The second-order valence-corrected chi connectivity index (χ2v) is 7.12. The van der Waals surface area contributed by atoms with Crippen LogP contribution >= 0.6 is 0 Å². The molecule has 1 aliphatic rings. The van der Waals surface area contributed by atoms with Crippen molar-refractivity contribution in [3.8, 4) is 5.75 Å². The lowest BCUT2D eigenvalue weighted by Crippen LogP contribution is -2.48. The molecule has 2 aromatic carbocycles. The van der Waals surface area contributed by atoms with E-state index in [0.717, 1.165) is 16.7 Å². The van der Waals surface area contributed by atoms with Crippen molar-refractivity contribution >= 4 is 12.0 Å². The van der Waals surface area contributed by atoms with E-state index < -0.39 is 12.0 Å². The molecule has 1 heterocycles. The van der Waals surface area contributed by atoms with E-state index in [0.29, 0.717) is 17.0 Å². The number of rotatable bonds is 6. The zero-order valence-corrected chi connectivity index (χ0v) is 17.5. The maximum absolute atomic E-state index is 13.2. The SMILES string of the molecule is CCOC(=O)C1=C(COc2ccc(F)cc2)N(C)C(=O)NC1c1cc(C)ccc1C. The fourth-order valence-corrected chi connectivity index (χ4v) is 3.37. The molecule has 1 unspecified atom stereocenters. The van der Waals surface area contributed by atoms with Crippen LogP contribution in [-0.2, 0) is 9.53 Å². The largest absolute Gasteiger partial charge is 0.487 e. The van der Waals surface area contributed by atoms with Gasteiger partial charge in [-0.15, -0.1) is 0 Å². The first-order valence-corrected chi connectivity index (χ1v) is 9.71. The molecule has 0 saturated heterocycles. The lowest BCUT2D eigenvalue weighted by molar-refractivity contribution is -0.139. The molecule has 2 amide bonds. The minimum atomic E-state index is -0.667. The summed E-state index contributed by atoms with van der Waals surface area (Å²) in [5.74, 6) is -0.472. The van der Waals surface area contributed by atoms with Gasteiger partial charge in [-0.05, 0) is 56.2 Å². The smallest absolute Gasteiger partial charge is 0.338 e. The Hall–Kier alpha value is -3.35. The van der Waals surface area contributed by atoms with Crippen LogP contribution in [-0.4, -0.2) is 37.2 Å². The van der Waals surface area contributed by atoms with Crippen molar-refractivity contribution in [3.05, 3.63) is 76.2 Å². The first-order valence-electron chi connectivity index (χ1n) is 9.71. The summed E-state index contributed by atoms with van der Waals surface area (Å²) in [4.78, 5) is 27.0. The molecule has 3 rings (SSSR count). The van der Waals surface area contributed by atoms with Gasteiger partial charge in [0.05, 0.1) is 23.9 Å². The fourth-order valence-electron chi connectivity index (χ4n) is 3.37. The van der Waals surface area contributed by atoms with Crippen molar-refractivity contribution in [3.63, 3.8) is 0 Å². The van der Waals surface area contributed by atoms with E-state index in [9.17, 15) is 14.0 Å². The van der Waals surface area contributed by atoms with E-state index in [4.69, 9.17) is 9.47 Å². The number of amides is 2. The molecule has 0 bridgehead atoms. The number of esters is 1. The molecule has 0 aromatic heterocycles. The standard InChI is InChI=1S/C23H25FN2O4/c1-5-29-22(27)20-19(13-30-17-10-8-16(24)9-11-17)26(4)23(28)25-21(20)18-12-14(2)6-7-15(18)3/h6-12,21H,5,13H2,1-4H3,(H,25,28). The van der Waals surface area contributed by atoms with Crippen molar-refractivity contribution < 1.29 is 23.5 Å². The second-order valence-electron chi connectivity index (χ2n) is 7.12. The van der Waals surface area contributed by atoms with Gasteiger partial charge in [0.15, 0.2) is 0 Å². The lowest BCUT2D eigenvalue weighted by atomic mass is 9.90. The molecule has 7 heteroatoms. The van der Waals surface area contributed by atoms with E-state index in [1.165, 1.54) is 29.2 Å². The summed E-state index contributed by atoms with van der Waals surface area (Å²) in [7, 11) is 1.57. The minimum Gasteiger partial charge on any atom is -0.487 e. The highest BCUT2D eigenvalue weighted by atomic mass is 19.1. The number of hydrogen-bond donors (Lipinski definition) is 1. The second kappa shape index (κ2) is 8.98. The maximum atomic E-state index is 13.2. The zero-order valence-electron chi connectivity index (χ0n) is 17.5. The van der Waals surface area contributed by atoms with Crippen molar-refractivity contribution in [2.75, 3.05) is 20.3 Å². The molecule has 0 spiro atoms. The predicted molar refractivity (Wildman–Crippen MR) is 111 cm³/mol. The van der Waals surface area contributed by atoms with E-state index >= 15 is 0 Å². The van der Waals surface area contributed by atoms with E-state index in [1.807, 2.05) is 32.0 Å². The van der Waals surface area contributed by atoms with Gasteiger partial charge in [-0.3, -0.25) is 4.90 Å². The van der Waals surface area contributed by atoms with Crippen LogP contribution < -0.4 is 10.1 Å². The Labute approximate surface area is 175 Å². The summed E-state index contributed by atoms with van der Waals surface area (Å²) in [5.41, 5.74) is 3.48. The molecule has 1 N–H and O–H groups in total. The molecule has 30 heavy (non-hydrogen) atoms. The number of carbonyl (C=O) groups is 2. The Morgan fingerprint density at radius 2 is 1.87 bits per heavy atom. The Morgan fingerprint density at radius 1 is 1.17 bits per heavy atom. The number of hydrogen-bond acceptors (Lipinski definition) is 4. The highest BCUT2D eigenvalue weighted by Crippen LogP contribution is 2.33. The average Bonchev–Trinajstić information content (AvgIpc) is 2.72. The van der Waals surface area contributed by atoms with Crippen LogP contribution in [0, 0.1) is 19.7 Å². The quantitative estimate of drug-likeness (QED) is 0.728. The number of nitrogens with one attached hydrogen (secondary N) is 1. The molecule has 158 valence electrons. The number of carbonyl (C=O) groups excluding carboxylic acids is 2. The lowest BCUT2D eigenvalue weighted by Gasteiger charge is -2.35. The van der Waals surface area contributed by atoms with Crippen molar-refractivity contribution in [2.45, 2.75) is 26.8 Å². The van der Waals surface area contributed by atoms with Gasteiger partial charge >= 0.3 is 12.0 Å². The molecule has 0 saturated carbocycles. The normalized spacial score (nSPS) is 16.4. The maximum Gasteiger partial charge on any atom is 0.338 e. The fraction of sp³-hybridized carbons (Fsp3) is 0.304. The molecular formula is C23H25FN2O4. The zero-order chi connectivity index (χ0) is 21.8. The van der Waals surface area contributed by atoms with Crippen LogP contribution in [0.4, 0.5) is 9.18 Å². The van der Waals surface area contributed by atoms with Gasteiger partial charge in [0.25, 0.3) is 0 Å². The Morgan fingerprint density at radius 3 is 2.53 bits per heavy atom. The van der Waals surface area contributed by atoms with Gasteiger partial charge < -0.3 is 14.8 Å². The number of urea groups is 1. The predicted octanol–water partition coefficient (Wildman–Crippen LogP) is 4.03. The van der Waals surface area contributed by atoms with Crippen molar-refractivity contribution in [1.82, 2.24) is 10.2 Å². The third-order valence-electron chi connectivity index (χ3n) is 5.01. The summed E-state index contributed by atoms with van der Waals surface area (Å²) in [6, 6.07) is 10.4. The van der Waals surface area contributed by atoms with Crippen LogP contribution in [0.5, 0.6) is 5.75 Å². The van der Waals surface area contributed by atoms with Gasteiger partial charge in [-0.2, -0.15) is 0 Å². The number of benzene rings is 2. The molecule has 0 aliphatic carbocycles. The summed E-state index contributed by atoms with van der Waals surface area (Å²) in [6.07, 6.45) is 0. The third kappa shape index (κ3) is 4.45.